The predicted octanol–water partition coefficient (Wildman–Crippen LogP) is 6.64. The fourth-order valence-electron chi connectivity index (χ4n) is 3.88. The van der Waals surface area contributed by atoms with E-state index in [1.165, 1.54) is 42.4 Å². The Bertz CT molecular complexity index is 701. The van der Waals surface area contributed by atoms with Crippen molar-refractivity contribution in [2.24, 2.45) is 10.2 Å². The molecular weight excluding hydrogens is 304 g/mol. The Morgan fingerprint density at radius 2 is 1.60 bits per heavy atom. The molecular formula is C23H30N2. The molecule has 0 aliphatic carbocycles. The molecule has 1 aliphatic heterocycles. The second kappa shape index (κ2) is 7.51. The van der Waals surface area contributed by atoms with Gasteiger partial charge < -0.3 is 0 Å². The van der Waals surface area contributed by atoms with Crippen molar-refractivity contribution < 1.29 is 0 Å². The highest BCUT2D eigenvalue weighted by molar-refractivity contribution is 5.41. The van der Waals surface area contributed by atoms with Gasteiger partial charge in [0.05, 0.1) is 6.54 Å². The lowest BCUT2D eigenvalue weighted by molar-refractivity contribution is 0.449. The summed E-state index contributed by atoms with van der Waals surface area (Å²) in [5.41, 5.74) is 3.85. The highest BCUT2D eigenvalue weighted by Crippen LogP contribution is 2.41. The molecule has 0 saturated heterocycles. The lowest BCUT2D eigenvalue weighted by Crippen LogP contribution is -2.23. The smallest absolute Gasteiger partial charge is 0.133 e. The molecule has 1 atom stereocenters. The molecule has 0 amide bonds. The summed E-state index contributed by atoms with van der Waals surface area (Å²) < 4.78 is 0. The Morgan fingerprint density at radius 1 is 0.920 bits per heavy atom. The van der Waals surface area contributed by atoms with Crippen LogP contribution in [0.3, 0.4) is 0 Å². The predicted molar refractivity (Wildman–Crippen MR) is 105 cm³/mol. The maximum Gasteiger partial charge on any atom is 0.133 e. The molecule has 0 N–H and O–H groups in total. The number of hydrogen-bond donors (Lipinski definition) is 0. The fourth-order valence-corrected chi connectivity index (χ4v) is 3.88. The summed E-state index contributed by atoms with van der Waals surface area (Å²) in [4.78, 5) is 0. The third kappa shape index (κ3) is 3.68. The Hall–Kier alpha value is -1.96. The Balaban J connectivity index is 1.87. The minimum atomic E-state index is -0.299. The van der Waals surface area contributed by atoms with Crippen LogP contribution in [-0.2, 0) is 11.0 Å². The third-order valence-corrected chi connectivity index (χ3v) is 5.62. The van der Waals surface area contributed by atoms with Crippen LogP contribution in [0.15, 0.2) is 64.8 Å². The molecule has 1 heterocycles. The summed E-state index contributed by atoms with van der Waals surface area (Å²) in [6.45, 7) is 7.79. The van der Waals surface area contributed by atoms with Gasteiger partial charge >= 0.3 is 0 Å². The molecule has 0 fully saturated rings. The quantitative estimate of drug-likeness (QED) is 0.507. The average Bonchev–Trinajstić information content (AvgIpc) is 3.14. The first-order valence-electron chi connectivity index (χ1n) is 9.64. The molecule has 0 radical (unpaired) electrons. The van der Waals surface area contributed by atoms with Crippen LogP contribution >= 0.6 is 0 Å². The summed E-state index contributed by atoms with van der Waals surface area (Å²) in [5, 5.41) is 9.02. The van der Waals surface area contributed by atoms with Gasteiger partial charge in [-0.1, -0.05) is 94.6 Å². The van der Waals surface area contributed by atoms with Gasteiger partial charge in [0.1, 0.15) is 5.54 Å². The van der Waals surface area contributed by atoms with Gasteiger partial charge in [-0.25, -0.2) is 0 Å². The van der Waals surface area contributed by atoms with Crippen molar-refractivity contribution in [3.63, 3.8) is 0 Å². The SMILES string of the molecule is CCCCCC(C)(C)c1ccc(C2(c3ccccc3)CCN=N2)cc1. The zero-order chi connectivity index (χ0) is 17.8. The van der Waals surface area contributed by atoms with Crippen molar-refractivity contribution in [2.45, 2.75) is 63.8 Å². The van der Waals surface area contributed by atoms with E-state index in [0.717, 1.165) is 13.0 Å². The lowest BCUT2D eigenvalue weighted by atomic mass is 9.77. The molecule has 2 aromatic rings. The number of azo groups is 1. The Morgan fingerprint density at radius 3 is 2.20 bits per heavy atom. The maximum atomic E-state index is 4.69. The maximum absolute atomic E-state index is 4.69. The summed E-state index contributed by atoms with van der Waals surface area (Å²) >= 11 is 0. The molecule has 2 aromatic carbocycles. The Labute approximate surface area is 152 Å². The minimum Gasteiger partial charge on any atom is -0.193 e. The van der Waals surface area contributed by atoms with E-state index in [1.54, 1.807) is 0 Å². The summed E-state index contributed by atoms with van der Waals surface area (Å²) in [7, 11) is 0. The highest BCUT2D eigenvalue weighted by Gasteiger charge is 2.37. The first-order chi connectivity index (χ1) is 12.1. The van der Waals surface area contributed by atoms with Crippen molar-refractivity contribution in [1.29, 1.82) is 0 Å². The van der Waals surface area contributed by atoms with Crippen LogP contribution in [0.4, 0.5) is 0 Å². The number of hydrogen-bond acceptors (Lipinski definition) is 2. The monoisotopic (exact) mass is 334 g/mol. The second-order valence-electron chi connectivity index (χ2n) is 7.86. The van der Waals surface area contributed by atoms with E-state index in [-0.39, 0.29) is 11.0 Å². The van der Waals surface area contributed by atoms with E-state index in [4.69, 9.17) is 0 Å². The van der Waals surface area contributed by atoms with Gasteiger partial charge in [-0.3, -0.25) is 0 Å². The number of rotatable bonds is 7. The van der Waals surface area contributed by atoms with Crippen molar-refractivity contribution in [3.05, 3.63) is 71.3 Å². The van der Waals surface area contributed by atoms with Gasteiger partial charge in [-0.2, -0.15) is 10.2 Å². The van der Waals surface area contributed by atoms with Crippen molar-refractivity contribution in [3.8, 4) is 0 Å². The van der Waals surface area contributed by atoms with Gasteiger partial charge in [-0.05, 0) is 28.5 Å². The molecule has 1 unspecified atom stereocenters. The lowest BCUT2D eigenvalue weighted by Gasteiger charge is -2.29. The molecule has 2 nitrogen and oxygen atoms in total. The van der Waals surface area contributed by atoms with Gasteiger partial charge in [-0.15, -0.1) is 0 Å². The van der Waals surface area contributed by atoms with E-state index in [1.807, 2.05) is 0 Å². The summed E-state index contributed by atoms with van der Waals surface area (Å²) in [6, 6.07) is 19.7. The first kappa shape index (κ1) is 17.8. The van der Waals surface area contributed by atoms with Crippen LogP contribution < -0.4 is 0 Å². The molecule has 25 heavy (non-hydrogen) atoms. The molecule has 0 aromatic heterocycles. The van der Waals surface area contributed by atoms with Gasteiger partial charge in [0.15, 0.2) is 0 Å². The molecule has 0 bridgehead atoms. The fraction of sp³-hybridized carbons (Fsp3) is 0.478. The van der Waals surface area contributed by atoms with E-state index in [0.29, 0.717) is 0 Å². The van der Waals surface area contributed by atoms with Gasteiger partial charge in [0.25, 0.3) is 0 Å². The van der Waals surface area contributed by atoms with Crippen LogP contribution in [0.25, 0.3) is 0 Å². The normalized spacial score (nSPS) is 20.1. The molecule has 1 aliphatic rings. The van der Waals surface area contributed by atoms with Crippen LogP contribution in [0.2, 0.25) is 0 Å². The van der Waals surface area contributed by atoms with Crippen LogP contribution in [0.5, 0.6) is 0 Å². The first-order valence-corrected chi connectivity index (χ1v) is 9.64. The van der Waals surface area contributed by atoms with Crippen LogP contribution in [0, 0.1) is 0 Å². The molecule has 2 heteroatoms. The Kier molecular flexibility index (Phi) is 5.36. The zero-order valence-corrected chi connectivity index (χ0v) is 15.8. The van der Waals surface area contributed by atoms with Crippen molar-refractivity contribution in [2.75, 3.05) is 6.54 Å². The third-order valence-electron chi connectivity index (χ3n) is 5.62. The molecule has 0 saturated carbocycles. The average molecular weight is 335 g/mol. The van der Waals surface area contributed by atoms with E-state index >= 15 is 0 Å². The molecule has 132 valence electrons. The van der Waals surface area contributed by atoms with Crippen LogP contribution in [0.1, 0.15) is 69.6 Å². The number of unbranched alkanes of at least 4 members (excludes halogenated alkanes) is 2. The van der Waals surface area contributed by atoms with E-state index in [9.17, 15) is 0 Å². The van der Waals surface area contributed by atoms with Gasteiger partial charge in [0.2, 0.25) is 0 Å². The van der Waals surface area contributed by atoms with E-state index < -0.39 is 0 Å². The second-order valence-corrected chi connectivity index (χ2v) is 7.86. The summed E-state index contributed by atoms with van der Waals surface area (Å²) in [6.07, 6.45) is 6.09. The van der Waals surface area contributed by atoms with Crippen LogP contribution in [-0.4, -0.2) is 6.54 Å². The number of nitrogens with zero attached hydrogens (tertiary/aromatic N) is 2. The molecule has 3 rings (SSSR count). The van der Waals surface area contributed by atoms with Crippen molar-refractivity contribution in [1.82, 2.24) is 0 Å². The number of benzene rings is 2. The van der Waals surface area contributed by atoms with Crippen molar-refractivity contribution >= 4 is 0 Å². The highest BCUT2D eigenvalue weighted by atomic mass is 15.2. The zero-order valence-electron chi connectivity index (χ0n) is 15.8. The topological polar surface area (TPSA) is 24.7 Å². The largest absolute Gasteiger partial charge is 0.193 e. The standard InChI is InChI=1S/C23H30N2/c1-4-5-9-16-22(2,3)19-12-14-21(15-13-19)23(17-18-24-25-23)20-10-7-6-8-11-20/h6-8,10-15H,4-5,9,16-18H2,1-3H3. The summed E-state index contributed by atoms with van der Waals surface area (Å²) in [5.74, 6) is 0. The van der Waals surface area contributed by atoms with Gasteiger partial charge in [0, 0.05) is 6.42 Å². The minimum absolute atomic E-state index is 0.227. The molecule has 0 spiro atoms. The van der Waals surface area contributed by atoms with E-state index in [2.05, 4.69) is 85.6 Å².